The summed E-state index contributed by atoms with van der Waals surface area (Å²) < 4.78 is 10.4. The van der Waals surface area contributed by atoms with E-state index in [2.05, 4.69) is 39.4 Å². The van der Waals surface area contributed by atoms with Crippen LogP contribution in [0.5, 0.6) is 5.75 Å². The molecule has 4 heterocycles. The number of methoxy groups -OCH3 is 1. The van der Waals surface area contributed by atoms with E-state index >= 15 is 0 Å². The van der Waals surface area contributed by atoms with Crippen LogP contribution < -0.4 is 20.3 Å². The summed E-state index contributed by atoms with van der Waals surface area (Å²) in [6, 6.07) is 5.74. The number of benzene rings is 1. The Morgan fingerprint density at radius 2 is 2.10 bits per heavy atom. The topological polar surface area (TPSA) is 91.3 Å². The number of ether oxygens (including phenoxy) is 2. The molecule has 216 valence electrons. The van der Waals surface area contributed by atoms with Gasteiger partial charge in [-0.3, -0.25) is 14.7 Å². The van der Waals surface area contributed by atoms with E-state index in [-0.39, 0.29) is 5.91 Å². The van der Waals surface area contributed by atoms with Crippen molar-refractivity contribution < 1.29 is 14.3 Å². The molecule has 9 nitrogen and oxygen atoms in total. The number of piperazine rings is 1. The minimum absolute atomic E-state index is 0.0142. The highest BCUT2D eigenvalue weighted by molar-refractivity contribution is 7.14. The second-order valence-electron chi connectivity index (χ2n) is 9.81. The Labute approximate surface area is 242 Å². The quantitative estimate of drug-likeness (QED) is 0.296. The zero-order valence-electron chi connectivity index (χ0n) is 23.8. The van der Waals surface area contributed by atoms with Crippen molar-refractivity contribution in [3.8, 4) is 5.75 Å². The zero-order valence-corrected chi connectivity index (χ0v) is 24.6. The molecule has 3 aliphatic heterocycles. The Kier molecular flexibility index (Phi) is 11.6. The molecular weight excluding hydrogens is 524 g/mol. The summed E-state index contributed by atoms with van der Waals surface area (Å²) in [5, 5.41) is 9.82. The van der Waals surface area contributed by atoms with Crippen LogP contribution in [-0.2, 0) is 17.7 Å². The number of nitrogens with zero attached hydrogens (tertiary/aromatic N) is 4. The van der Waals surface area contributed by atoms with Gasteiger partial charge in [-0.25, -0.2) is 4.98 Å². The molecule has 2 N–H and O–H groups in total. The van der Waals surface area contributed by atoms with Gasteiger partial charge in [0, 0.05) is 88.7 Å². The van der Waals surface area contributed by atoms with E-state index in [4.69, 9.17) is 14.5 Å². The number of aromatic nitrogens is 1. The number of nitrogens with one attached hydrogen (secondary N) is 2. The Morgan fingerprint density at radius 3 is 2.85 bits per heavy atom. The van der Waals surface area contributed by atoms with Crippen LogP contribution in [0.15, 0.2) is 52.6 Å². The SMILES string of the molecule is C=CCCOC.CCCOc1ccc2c(c1)CN(c1nc(CCNC3=C(N4CCNCC4)CCN=C3)cs1)C2=O. The molecule has 1 aromatic heterocycles. The number of anilines is 1. The van der Waals surface area contributed by atoms with E-state index in [9.17, 15) is 4.79 Å². The second-order valence-corrected chi connectivity index (χ2v) is 10.6. The molecule has 1 fully saturated rings. The summed E-state index contributed by atoms with van der Waals surface area (Å²) in [4.78, 5) is 26.4. The Bertz CT molecular complexity index is 1190. The zero-order chi connectivity index (χ0) is 28.2. The molecule has 40 heavy (non-hydrogen) atoms. The lowest BCUT2D eigenvalue weighted by Crippen LogP contribution is -2.44. The van der Waals surface area contributed by atoms with Crippen molar-refractivity contribution in [1.29, 1.82) is 0 Å². The number of allylic oxidation sites excluding steroid dienone is 1. The van der Waals surface area contributed by atoms with Crippen LogP contribution in [0.1, 0.15) is 47.8 Å². The van der Waals surface area contributed by atoms with E-state index in [0.717, 1.165) is 105 Å². The average molecular weight is 567 g/mol. The summed E-state index contributed by atoms with van der Waals surface area (Å²) in [5.74, 6) is 0.835. The molecule has 0 aliphatic carbocycles. The van der Waals surface area contributed by atoms with Crippen LogP contribution in [0.3, 0.4) is 0 Å². The molecule has 0 radical (unpaired) electrons. The van der Waals surface area contributed by atoms with Gasteiger partial charge in [0.05, 0.1) is 24.5 Å². The van der Waals surface area contributed by atoms with Gasteiger partial charge in [0.25, 0.3) is 5.91 Å². The summed E-state index contributed by atoms with van der Waals surface area (Å²) in [7, 11) is 1.68. The molecule has 1 saturated heterocycles. The van der Waals surface area contributed by atoms with Gasteiger partial charge in [-0.2, -0.15) is 0 Å². The first-order chi connectivity index (χ1) is 19.6. The summed E-state index contributed by atoms with van der Waals surface area (Å²) in [6.07, 6.45) is 7.52. The number of fused-ring (bicyclic) bond motifs is 1. The van der Waals surface area contributed by atoms with Crippen LogP contribution >= 0.6 is 11.3 Å². The number of thiazole rings is 1. The lowest BCUT2D eigenvalue weighted by molar-refractivity contribution is 0.0996. The summed E-state index contributed by atoms with van der Waals surface area (Å²) in [5.41, 5.74) is 5.25. The van der Waals surface area contributed by atoms with E-state index in [1.54, 1.807) is 12.0 Å². The summed E-state index contributed by atoms with van der Waals surface area (Å²) in [6.45, 7) is 13.4. The lowest BCUT2D eigenvalue weighted by atomic mass is 10.1. The van der Waals surface area contributed by atoms with Crippen LogP contribution in [0.25, 0.3) is 0 Å². The normalized spacial score (nSPS) is 16.5. The number of dihydropyridines is 1. The fourth-order valence-electron chi connectivity index (χ4n) is 4.77. The first kappa shape index (κ1) is 29.8. The number of carbonyl (C=O) groups is 1. The number of hydrogen-bond acceptors (Lipinski definition) is 9. The summed E-state index contributed by atoms with van der Waals surface area (Å²) >= 11 is 1.53. The number of aliphatic imine (C=N–C) groups is 1. The predicted molar refractivity (Wildman–Crippen MR) is 163 cm³/mol. The van der Waals surface area contributed by atoms with Crippen LogP contribution in [0.4, 0.5) is 5.13 Å². The van der Waals surface area contributed by atoms with E-state index in [1.165, 1.54) is 17.0 Å². The van der Waals surface area contributed by atoms with E-state index in [1.807, 2.05) is 30.5 Å². The van der Waals surface area contributed by atoms with Gasteiger partial charge >= 0.3 is 0 Å². The van der Waals surface area contributed by atoms with Crippen molar-refractivity contribution in [2.24, 2.45) is 4.99 Å². The van der Waals surface area contributed by atoms with Gasteiger partial charge in [-0.05, 0) is 36.6 Å². The van der Waals surface area contributed by atoms with E-state index in [0.29, 0.717) is 13.2 Å². The molecule has 0 unspecified atom stereocenters. The van der Waals surface area contributed by atoms with E-state index < -0.39 is 0 Å². The third-order valence-corrected chi connectivity index (χ3v) is 7.77. The largest absolute Gasteiger partial charge is 0.494 e. The molecule has 1 amide bonds. The smallest absolute Gasteiger partial charge is 0.260 e. The van der Waals surface area contributed by atoms with Crippen molar-refractivity contribution in [3.63, 3.8) is 0 Å². The maximum atomic E-state index is 12.9. The third kappa shape index (κ3) is 7.93. The molecule has 0 atom stereocenters. The highest BCUT2D eigenvalue weighted by atomic mass is 32.1. The Balaban J connectivity index is 0.000000557. The second kappa shape index (κ2) is 15.5. The van der Waals surface area contributed by atoms with Gasteiger partial charge in [-0.15, -0.1) is 17.9 Å². The molecule has 1 aromatic carbocycles. The van der Waals surface area contributed by atoms with Crippen molar-refractivity contribution >= 4 is 28.6 Å². The minimum Gasteiger partial charge on any atom is -0.494 e. The number of carbonyl (C=O) groups excluding carboxylic acids is 1. The standard InChI is InChI=1S/C25H32N6O2S.C5H10O/c1-2-13-33-20-3-4-21-18(14-20)16-31(24(21)32)25-29-19(17-34-25)5-8-28-22-15-27-7-6-23(22)30-11-9-26-10-12-30;1-3-4-5-6-2/h3-4,14-15,17,26,28H,2,5-13,16H2,1H3;3H,1,4-5H2,2H3. The van der Waals surface area contributed by atoms with Gasteiger partial charge in [-0.1, -0.05) is 13.0 Å². The highest BCUT2D eigenvalue weighted by Crippen LogP contribution is 2.32. The Hall–Kier alpha value is -3.21. The first-order valence-corrected chi connectivity index (χ1v) is 15.1. The third-order valence-electron chi connectivity index (χ3n) is 6.85. The molecule has 0 bridgehead atoms. The van der Waals surface area contributed by atoms with Crippen LogP contribution in [-0.4, -0.2) is 81.6 Å². The van der Waals surface area contributed by atoms with Gasteiger partial charge < -0.3 is 25.0 Å². The van der Waals surface area contributed by atoms with Crippen molar-refractivity contribution in [2.45, 2.75) is 39.2 Å². The number of hydrogen-bond donors (Lipinski definition) is 2. The van der Waals surface area contributed by atoms with Crippen molar-refractivity contribution in [3.05, 3.63) is 64.4 Å². The molecule has 10 heteroatoms. The maximum Gasteiger partial charge on any atom is 0.260 e. The number of amides is 1. The fourth-order valence-corrected chi connectivity index (χ4v) is 5.63. The monoisotopic (exact) mass is 566 g/mol. The van der Waals surface area contributed by atoms with Crippen molar-refractivity contribution in [1.82, 2.24) is 20.5 Å². The lowest BCUT2D eigenvalue weighted by Gasteiger charge is -2.34. The molecule has 5 rings (SSSR count). The molecule has 3 aliphatic rings. The molecular formula is C30H42N6O3S. The first-order valence-electron chi connectivity index (χ1n) is 14.2. The van der Waals surface area contributed by atoms with Gasteiger partial charge in [0.2, 0.25) is 0 Å². The van der Waals surface area contributed by atoms with Gasteiger partial charge in [0.1, 0.15) is 5.75 Å². The molecule has 0 saturated carbocycles. The predicted octanol–water partition coefficient (Wildman–Crippen LogP) is 4.02. The van der Waals surface area contributed by atoms with Crippen molar-refractivity contribution in [2.75, 3.05) is 64.5 Å². The maximum absolute atomic E-state index is 12.9. The van der Waals surface area contributed by atoms with Gasteiger partial charge in [0.15, 0.2) is 5.13 Å². The number of rotatable bonds is 12. The molecule has 2 aromatic rings. The fraction of sp³-hybridized carbons (Fsp3) is 0.500. The Morgan fingerprint density at radius 1 is 1.25 bits per heavy atom. The van der Waals surface area contributed by atoms with Crippen LogP contribution in [0.2, 0.25) is 0 Å². The highest BCUT2D eigenvalue weighted by Gasteiger charge is 2.30. The van der Waals surface area contributed by atoms with Crippen LogP contribution in [0, 0.1) is 0 Å². The molecule has 0 spiro atoms. The average Bonchev–Trinajstić information content (AvgIpc) is 3.60. The minimum atomic E-state index is 0.0142.